The van der Waals surface area contributed by atoms with E-state index in [2.05, 4.69) is 20.3 Å². The molecule has 2 N–H and O–H groups in total. The second-order valence-electron chi connectivity index (χ2n) is 11.7. The van der Waals surface area contributed by atoms with Crippen LogP contribution >= 0.6 is 0 Å². The molecule has 4 heterocycles. The van der Waals surface area contributed by atoms with Crippen LogP contribution in [0.5, 0.6) is 5.75 Å². The van der Waals surface area contributed by atoms with Gasteiger partial charge in [0.15, 0.2) is 17.3 Å². The van der Waals surface area contributed by atoms with Gasteiger partial charge in [0.05, 0.1) is 36.3 Å². The van der Waals surface area contributed by atoms with Crippen LogP contribution in [-0.2, 0) is 19.6 Å². The van der Waals surface area contributed by atoms with Crippen LogP contribution in [0.3, 0.4) is 0 Å². The van der Waals surface area contributed by atoms with E-state index in [1.807, 2.05) is 36.1 Å². The number of ether oxygens (including phenoxy) is 3. The lowest BCUT2D eigenvalue weighted by molar-refractivity contribution is -0.0746. The van der Waals surface area contributed by atoms with Crippen molar-refractivity contribution < 1.29 is 40.9 Å². The lowest BCUT2D eigenvalue weighted by atomic mass is 10.1. The van der Waals surface area contributed by atoms with Crippen LogP contribution in [-0.4, -0.2) is 110 Å². The summed E-state index contributed by atoms with van der Waals surface area (Å²) in [4.78, 5) is 17.2. The number of carbonyl (C=O) groups excluding carboxylic acids is 1. The Morgan fingerprint density at radius 1 is 1.02 bits per heavy atom. The molecule has 2 aromatic heterocycles. The Kier molecular flexibility index (Phi) is 10.4. The summed E-state index contributed by atoms with van der Waals surface area (Å²) in [5.74, 6) is 0.0354. The van der Waals surface area contributed by atoms with Gasteiger partial charge in [-0.1, -0.05) is 35.0 Å². The van der Waals surface area contributed by atoms with E-state index < -0.39 is 15.9 Å². The number of nitrogens with one attached hydrogen (secondary N) is 1. The first kappa shape index (κ1) is 34.2. The molecule has 2 aliphatic rings. The van der Waals surface area contributed by atoms with E-state index in [4.69, 9.17) is 23.3 Å². The molecule has 0 bridgehead atoms. The summed E-state index contributed by atoms with van der Waals surface area (Å²) in [5.41, 5.74) is 4.03. The Labute approximate surface area is 282 Å². The highest BCUT2D eigenvalue weighted by molar-refractivity contribution is 7.85. The third-order valence-electron chi connectivity index (χ3n) is 8.39. The molecule has 1 amide bonds. The minimum Gasteiger partial charge on any atom is -0.488 e. The quantitative estimate of drug-likeness (QED) is 0.166. The molecule has 0 unspecified atom stereocenters. The molecule has 49 heavy (non-hydrogen) atoms. The number of hydrogen-bond donors (Lipinski definition) is 2. The molecule has 0 saturated carbocycles. The average molecular weight is 694 g/mol. The molecule has 2 fully saturated rings. The fraction of sp³-hybridized carbons (Fsp3) is 0.324. The lowest BCUT2D eigenvalue weighted by Gasteiger charge is -2.42. The van der Waals surface area contributed by atoms with Gasteiger partial charge in [-0.2, -0.15) is 13.5 Å². The number of aromatic amines is 1. The van der Waals surface area contributed by atoms with Crippen molar-refractivity contribution in [3.05, 3.63) is 83.7 Å². The SMILES string of the molecule is COCCOc1cc2[nH]nc(-c3cc(-c4ccc(C(=O)N5CCN(C6COC6)CC5)cc4)no3)c2cc1F.Cc1ccc(S(=O)(=O)O)cc1. The smallest absolute Gasteiger partial charge is 0.294 e. The van der Waals surface area contributed by atoms with E-state index >= 15 is 0 Å². The zero-order chi connectivity index (χ0) is 34.5. The molecule has 258 valence electrons. The summed E-state index contributed by atoms with van der Waals surface area (Å²) in [6.07, 6.45) is 0. The number of piperazine rings is 1. The minimum absolute atomic E-state index is 0.0255. The Bertz CT molecular complexity index is 2000. The Morgan fingerprint density at radius 3 is 2.37 bits per heavy atom. The number of benzene rings is 3. The Morgan fingerprint density at radius 2 is 1.73 bits per heavy atom. The summed E-state index contributed by atoms with van der Waals surface area (Å²) in [7, 11) is -2.47. The van der Waals surface area contributed by atoms with Gasteiger partial charge in [-0.15, -0.1) is 0 Å². The Balaban J connectivity index is 0.000000324. The van der Waals surface area contributed by atoms with Crippen LogP contribution in [0, 0.1) is 12.7 Å². The van der Waals surface area contributed by atoms with Crippen molar-refractivity contribution in [2.75, 3.05) is 59.7 Å². The summed E-state index contributed by atoms with van der Waals surface area (Å²) in [5, 5.41) is 11.9. The maximum atomic E-state index is 14.6. The van der Waals surface area contributed by atoms with Crippen LogP contribution in [0.1, 0.15) is 15.9 Å². The van der Waals surface area contributed by atoms with Crippen molar-refractivity contribution in [3.8, 4) is 28.5 Å². The zero-order valence-electron chi connectivity index (χ0n) is 27.0. The van der Waals surface area contributed by atoms with Gasteiger partial charge >= 0.3 is 0 Å². The third-order valence-corrected chi connectivity index (χ3v) is 9.26. The normalized spacial score (nSPS) is 15.5. The molecular formula is C34H36FN5O8S. The fourth-order valence-corrected chi connectivity index (χ4v) is 5.96. The number of rotatable bonds is 9. The van der Waals surface area contributed by atoms with Gasteiger partial charge < -0.3 is 23.6 Å². The molecule has 0 aliphatic carbocycles. The predicted octanol–water partition coefficient (Wildman–Crippen LogP) is 4.45. The molecular weight excluding hydrogens is 657 g/mol. The first-order chi connectivity index (χ1) is 23.6. The van der Waals surface area contributed by atoms with Crippen molar-refractivity contribution in [2.45, 2.75) is 17.9 Å². The molecule has 7 rings (SSSR count). The summed E-state index contributed by atoms with van der Waals surface area (Å²) < 4.78 is 65.4. The largest absolute Gasteiger partial charge is 0.488 e. The van der Waals surface area contributed by atoms with Crippen LogP contribution in [0.4, 0.5) is 4.39 Å². The zero-order valence-corrected chi connectivity index (χ0v) is 27.8. The maximum absolute atomic E-state index is 14.6. The number of H-pyrrole nitrogens is 1. The number of amides is 1. The number of aromatic nitrogens is 3. The van der Waals surface area contributed by atoms with Crippen molar-refractivity contribution in [3.63, 3.8) is 0 Å². The lowest BCUT2D eigenvalue weighted by Crippen LogP contribution is -2.57. The molecule has 0 atom stereocenters. The van der Waals surface area contributed by atoms with Gasteiger partial charge in [0.1, 0.15) is 18.0 Å². The van der Waals surface area contributed by atoms with E-state index in [0.717, 1.165) is 37.4 Å². The average Bonchev–Trinajstić information content (AvgIpc) is 3.72. The summed E-state index contributed by atoms with van der Waals surface area (Å²) in [6, 6.07) is 18.5. The first-order valence-electron chi connectivity index (χ1n) is 15.6. The van der Waals surface area contributed by atoms with Crippen LogP contribution in [0.25, 0.3) is 33.6 Å². The molecule has 2 saturated heterocycles. The standard InChI is InChI=1S/C27H28FN5O5.C7H8O3S/c1-35-10-11-37-24-14-23-20(12-21(24)28)26(30-29-23)25-13-22(31-38-25)17-2-4-18(5-3-17)27(34)33-8-6-32(7-9-33)19-15-36-16-19;1-6-2-4-7(5-3-6)11(8,9)10/h2-5,12-14,19H,6-11,15-16H2,1H3,(H,29,30);2-5H,1H3,(H,8,9,10). The van der Waals surface area contributed by atoms with Crippen molar-refractivity contribution in [1.29, 1.82) is 0 Å². The predicted molar refractivity (Wildman–Crippen MR) is 177 cm³/mol. The van der Waals surface area contributed by atoms with Crippen molar-refractivity contribution in [1.82, 2.24) is 25.2 Å². The highest BCUT2D eigenvalue weighted by Gasteiger charge is 2.30. The van der Waals surface area contributed by atoms with Gasteiger partial charge in [0, 0.05) is 61.9 Å². The minimum atomic E-state index is -4.02. The van der Waals surface area contributed by atoms with Crippen molar-refractivity contribution >= 4 is 26.9 Å². The molecule has 15 heteroatoms. The summed E-state index contributed by atoms with van der Waals surface area (Å²) >= 11 is 0. The topological polar surface area (TPSA) is 160 Å². The Hall–Kier alpha value is -4.67. The van der Waals surface area contributed by atoms with Crippen LogP contribution < -0.4 is 4.74 Å². The number of halogens is 1. The van der Waals surface area contributed by atoms with E-state index in [1.165, 1.54) is 18.2 Å². The number of fused-ring (bicyclic) bond motifs is 1. The monoisotopic (exact) mass is 693 g/mol. The number of hydrogen-bond acceptors (Lipinski definition) is 10. The van der Waals surface area contributed by atoms with Crippen molar-refractivity contribution in [2.24, 2.45) is 0 Å². The van der Waals surface area contributed by atoms with Crippen LogP contribution in [0.15, 0.2) is 76.1 Å². The number of carbonyl (C=O) groups is 1. The van der Waals surface area contributed by atoms with E-state index in [0.29, 0.717) is 59.4 Å². The van der Waals surface area contributed by atoms with Gasteiger partial charge in [0.2, 0.25) is 0 Å². The molecule has 0 radical (unpaired) electrons. The molecule has 3 aromatic carbocycles. The number of methoxy groups -OCH3 is 1. The molecule has 5 aromatic rings. The van der Waals surface area contributed by atoms with E-state index in [9.17, 15) is 17.6 Å². The van der Waals surface area contributed by atoms with E-state index in [-0.39, 0.29) is 23.2 Å². The molecule has 0 spiro atoms. The van der Waals surface area contributed by atoms with E-state index in [1.54, 1.807) is 31.4 Å². The van der Waals surface area contributed by atoms with Crippen LogP contribution in [0.2, 0.25) is 0 Å². The first-order valence-corrected chi connectivity index (χ1v) is 17.1. The van der Waals surface area contributed by atoms with Gasteiger partial charge in [0.25, 0.3) is 16.0 Å². The fourth-order valence-electron chi connectivity index (χ4n) is 5.48. The van der Waals surface area contributed by atoms with Gasteiger partial charge in [-0.25, -0.2) is 4.39 Å². The van der Waals surface area contributed by atoms with Gasteiger partial charge in [-0.05, 0) is 37.3 Å². The van der Waals surface area contributed by atoms with Gasteiger partial charge in [-0.3, -0.25) is 19.3 Å². The number of aryl methyl sites for hydroxylation is 1. The molecule has 13 nitrogen and oxygen atoms in total. The second kappa shape index (κ2) is 14.8. The molecule has 2 aliphatic heterocycles. The maximum Gasteiger partial charge on any atom is 0.294 e. The third kappa shape index (κ3) is 7.98. The highest BCUT2D eigenvalue weighted by atomic mass is 32.2. The second-order valence-corrected chi connectivity index (χ2v) is 13.1. The highest BCUT2D eigenvalue weighted by Crippen LogP contribution is 2.33. The summed E-state index contributed by atoms with van der Waals surface area (Å²) in [6.45, 7) is 7.17. The number of nitrogens with zero attached hydrogens (tertiary/aromatic N) is 4.